The van der Waals surface area contributed by atoms with E-state index in [-0.39, 0.29) is 23.4 Å². The number of amides is 3. The Hall–Kier alpha value is -4.03. The van der Waals surface area contributed by atoms with E-state index in [1.165, 1.54) is 25.1 Å². The van der Waals surface area contributed by atoms with Crippen molar-refractivity contribution < 1.29 is 28.8 Å². The van der Waals surface area contributed by atoms with Gasteiger partial charge in [-0.1, -0.05) is 23.2 Å². The molecular weight excluding hydrogens is 635 g/mol. The number of carbonyl (C=O) groups excluding carboxylic acids is 3. The zero-order valence-electron chi connectivity index (χ0n) is 26.3. The van der Waals surface area contributed by atoms with Crippen LogP contribution in [0.15, 0.2) is 54.6 Å². The van der Waals surface area contributed by atoms with Gasteiger partial charge >= 0.3 is 0 Å². The summed E-state index contributed by atoms with van der Waals surface area (Å²) in [7, 11) is 0. The highest BCUT2D eigenvalue weighted by Gasteiger charge is 2.23. The Kier molecular flexibility index (Phi) is 13.9. The average Bonchev–Trinajstić information content (AvgIpc) is 3.04. The second-order valence-corrected chi connectivity index (χ2v) is 11.5. The molecule has 2 fully saturated rings. The number of nitro benzene ring substituents is 1. The number of rotatable bonds is 4. The van der Waals surface area contributed by atoms with Crippen molar-refractivity contribution in [2.24, 2.45) is 0 Å². The average molecular weight is 674 g/mol. The van der Waals surface area contributed by atoms with Crippen molar-refractivity contribution in [1.29, 1.82) is 0 Å². The molecule has 2 heterocycles. The lowest BCUT2D eigenvalue weighted by Gasteiger charge is -2.28. The molecule has 0 aromatic heterocycles. The molecule has 0 atom stereocenters. The van der Waals surface area contributed by atoms with E-state index in [0.717, 1.165) is 22.4 Å². The third kappa shape index (κ3) is 10.8. The Morgan fingerprint density at radius 1 is 0.739 bits per heavy atom. The van der Waals surface area contributed by atoms with E-state index >= 15 is 0 Å². The Labute approximate surface area is 278 Å². The summed E-state index contributed by atoms with van der Waals surface area (Å²) in [6.45, 7) is 11.8. The molecule has 2 aliphatic heterocycles. The van der Waals surface area contributed by atoms with Crippen molar-refractivity contribution in [1.82, 2.24) is 9.80 Å². The maximum Gasteiger partial charge on any atom is 0.269 e. The largest absolute Gasteiger partial charge is 0.378 e. The summed E-state index contributed by atoms with van der Waals surface area (Å²) in [6.07, 6.45) is 0. The van der Waals surface area contributed by atoms with E-state index in [2.05, 4.69) is 5.32 Å². The second kappa shape index (κ2) is 17.6. The number of non-ortho nitro benzene ring substituents is 1. The van der Waals surface area contributed by atoms with Crippen LogP contribution in [0.25, 0.3) is 0 Å². The fourth-order valence-electron chi connectivity index (χ4n) is 4.59. The molecule has 0 unspecified atom stereocenters. The van der Waals surface area contributed by atoms with E-state index in [1.807, 2.05) is 26.0 Å². The molecule has 5 rings (SSSR count). The van der Waals surface area contributed by atoms with Crippen LogP contribution in [-0.2, 0) is 14.3 Å². The predicted octanol–water partition coefficient (Wildman–Crippen LogP) is 6.10. The highest BCUT2D eigenvalue weighted by atomic mass is 35.5. The molecule has 0 spiro atoms. The van der Waals surface area contributed by atoms with Crippen LogP contribution >= 0.6 is 23.2 Å². The first-order valence-electron chi connectivity index (χ1n) is 14.7. The number of ether oxygens (including phenoxy) is 2. The molecule has 2 aliphatic rings. The quantitative estimate of drug-likeness (QED) is 0.262. The Morgan fingerprint density at radius 3 is 1.74 bits per heavy atom. The lowest BCUT2D eigenvalue weighted by molar-refractivity contribution is -0.384. The molecule has 0 aliphatic carbocycles. The minimum atomic E-state index is -0.441. The normalized spacial score (nSPS) is 14.2. The number of halogens is 2. The highest BCUT2D eigenvalue weighted by molar-refractivity contribution is 6.31. The summed E-state index contributed by atoms with van der Waals surface area (Å²) in [5, 5.41) is 14.2. The predicted molar refractivity (Wildman–Crippen MR) is 178 cm³/mol. The molecule has 0 bridgehead atoms. The van der Waals surface area contributed by atoms with Crippen LogP contribution in [0.4, 0.5) is 11.4 Å². The molecule has 3 aromatic carbocycles. The summed E-state index contributed by atoms with van der Waals surface area (Å²) in [5.41, 5.74) is 4.66. The topological polar surface area (TPSA) is 131 Å². The summed E-state index contributed by atoms with van der Waals surface area (Å²) in [6, 6.07) is 15.1. The molecule has 1 N–H and O–H groups in total. The number of hydrogen-bond donors (Lipinski definition) is 1. The number of hydrogen-bond acceptors (Lipinski definition) is 7. The van der Waals surface area contributed by atoms with Crippen LogP contribution in [0, 0.1) is 30.9 Å². The minimum Gasteiger partial charge on any atom is -0.378 e. The van der Waals surface area contributed by atoms with Crippen molar-refractivity contribution in [3.8, 4) is 0 Å². The van der Waals surface area contributed by atoms with Gasteiger partial charge in [0.15, 0.2) is 0 Å². The smallest absolute Gasteiger partial charge is 0.269 e. The van der Waals surface area contributed by atoms with Gasteiger partial charge in [-0.05, 0) is 79.9 Å². The maximum atomic E-state index is 12.6. The van der Waals surface area contributed by atoms with Crippen LogP contribution in [0.1, 0.15) is 44.3 Å². The number of morpholine rings is 2. The molecule has 0 saturated carbocycles. The van der Waals surface area contributed by atoms with Gasteiger partial charge in [0, 0.05) is 72.1 Å². The zero-order valence-corrected chi connectivity index (χ0v) is 27.8. The van der Waals surface area contributed by atoms with Gasteiger partial charge in [0.1, 0.15) is 0 Å². The first-order chi connectivity index (χ1) is 21.9. The molecule has 13 heteroatoms. The number of anilines is 1. The molecule has 46 heavy (non-hydrogen) atoms. The molecular formula is C33H38Cl2N4O7. The highest BCUT2D eigenvalue weighted by Crippen LogP contribution is 2.21. The standard InChI is InChI=1S/C17H22N2O4.C9H10ClNO.C7H6ClNO2/c1-13-12-14(16(20)18-4-8-22-9-5-18)2-3-15(13)17(21)19-6-10-23-11-7-19;1-6-5-8(11-7(2)12)3-4-9(6)10;1-5-4-6(9(10)11)2-3-7(5)8/h2-3,12H,4-11H2,1H3;3-5H,1-2H3,(H,11,12);2-4H,1H3. The SMILES string of the molecule is CC(=O)Nc1ccc(Cl)c(C)c1.Cc1cc(C(=O)N2CCOCC2)ccc1C(=O)N1CCOCC1.Cc1cc([N+](=O)[O-])ccc1Cl. The van der Waals surface area contributed by atoms with Gasteiger partial charge in [-0.2, -0.15) is 0 Å². The molecule has 2 saturated heterocycles. The summed E-state index contributed by atoms with van der Waals surface area (Å²) in [5.74, 6) is -0.0605. The molecule has 246 valence electrons. The van der Waals surface area contributed by atoms with Crippen molar-refractivity contribution in [2.45, 2.75) is 27.7 Å². The van der Waals surface area contributed by atoms with Gasteiger partial charge in [0.05, 0.1) is 31.4 Å². The van der Waals surface area contributed by atoms with Crippen LogP contribution in [-0.4, -0.2) is 85.1 Å². The summed E-state index contributed by atoms with van der Waals surface area (Å²) >= 11 is 11.5. The second-order valence-electron chi connectivity index (χ2n) is 10.7. The number of aryl methyl sites for hydroxylation is 3. The Balaban J connectivity index is 0.000000211. The molecule has 3 aromatic rings. The van der Waals surface area contributed by atoms with Gasteiger partial charge in [-0.15, -0.1) is 0 Å². The summed E-state index contributed by atoms with van der Waals surface area (Å²) < 4.78 is 10.6. The third-order valence-electron chi connectivity index (χ3n) is 7.13. The lowest BCUT2D eigenvalue weighted by atomic mass is 10.0. The van der Waals surface area contributed by atoms with Crippen molar-refractivity contribution in [2.75, 3.05) is 57.9 Å². The number of benzene rings is 3. The molecule has 11 nitrogen and oxygen atoms in total. The number of nitrogens with zero attached hydrogens (tertiary/aromatic N) is 3. The monoisotopic (exact) mass is 672 g/mol. The van der Waals surface area contributed by atoms with E-state index in [1.54, 1.807) is 41.0 Å². The Morgan fingerprint density at radius 2 is 1.26 bits per heavy atom. The van der Waals surface area contributed by atoms with Crippen LogP contribution in [0.2, 0.25) is 10.0 Å². The number of nitro groups is 1. The Bertz CT molecular complexity index is 1550. The van der Waals surface area contributed by atoms with Crippen molar-refractivity contribution in [3.63, 3.8) is 0 Å². The molecule has 3 amide bonds. The van der Waals surface area contributed by atoms with E-state index in [4.69, 9.17) is 32.7 Å². The number of nitrogens with one attached hydrogen (secondary N) is 1. The van der Waals surface area contributed by atoms with E-state index in [9.17, 15) is 24.5 Å². The van der Waals surface area contributed by atoms with Crippen LogP contribution in [0.5, 0.6) is 0 Å². The minimum absolute atomic E-state index is 0.00164. The van der Waals surface area contributed by atoms with Crippen molar-refractivity contribution >= 4 is 52.3 Å². The van der Waals surface area contributed by atoms with Gasteiger partial charge in [-0.25, -0.2) is 0 Å². The maximum absolute atomic E-state index is 12.6. The van der Waals surface area contributed by atoms with Gasteiger partial charge in [0.25, 0.3) is 17.5 Å². The fourth-order valence-corrected chi connectivity index (χ4v) is 4.83. The van der Waals surface area contributed by atoms with Crippen LogP contribution < -0.4 is 5.32 Å². The third-order valence-corrected chi connectivity index (χ3v) is 7.98. The lowest BCUT2D eigenvalue weighted by Crippen LogP contribution is -2.41. The van der Waals surface area contributed by atoms with Crippen molar-refractivity contribution in [3.05, 3.63) is 103 Å². The van der Waals surface area contributed by atoms with Crippen LogP contribution in [0.3, 0.4) is 0 Å². The first kappa shape index (κ1) is 36.4. The zero-order chi connectivity index (χ0) is 33.8. The van der Waals surface area contributed by atoms with E-state index < -0.39 is 4.92 Å². The van der Waals surface area contributed by atoms with Gasteiger partial charge in [0.2, 0.25) is 5.91 Å². The fraction of sp³-hybridized carbons (Fsp3) is 0.364. The first-order valence-corrected chi connectivity index (χ1v) is 15.4. The number of carbonyl (C=O) groups is 3. The van der Waals surface area contributed by atoms with Gasteiger partial charge in [-0.3, -0.25) is 24.5 Å². The van der Waals surface area contributed by atoms with E-state index in [0.29, 0.717) is 73.8 Å². The summed E-state index contributed by atoms with van der Waals surface area (Å²) in [4.78, 5) is 49.1. The van der Waals surface area contributed by atoms with Gasteiger partial charge < -0.3 is 24.6 Å². The molecule has 0 radical (unpaired) electrons.